The highest BCUT2D eigenvalue weighted by molar-refractivity contribution is 7.07. The largest absolute Gasteiger partial charge is 0.416 e. The van der Waals surface area contributed by atoms with Gasteiger partial charge in [-0.25, -0.2) is 4.98 Å². The molecule has 0 aliphatic rings. The van der Waals surface area contributed by atoms with Crippen LogP contribution in [0.15, 0.2) is 35.0 Å². The van der Waals surface area contributed by atoms with Crippen LogP contribution in [-0.2, 0) is 12.6 Å². The van der Waals surface area contributed by atoms with Gasteiger partial charge in [0.25, 0.3) is 0 Å². The number of thiophene rings is 1. The van der Waals surface area contributed by atoms with Crippen molar-refractivity contribution in [3.05, 3.63) is 52.0 Å². The molecule has 2 heterocycles. The summed E-state index contributed by atoms with van der Waals surface area (Å²) in [5, 5.41) is 3.95. The number of rotatable bonds is 2. The zero-order valence-corrected chi connectivity index (χ0v) is 10.5. The van der Waals surface area contributed by atoms with Crippen molar-refractivity contribution in [2.45, 2.75) is 12.6 Å². The molecule has 0 aliphatic carbocycles. The molecule has 0 saturated heterocycles. The molecule has 6 heteroatoms. The summed E-state index contributed by atoms with van der Waals surface area (Å²) in [6.07, 6.45) is -3.73. The number of aromatic amines is 1. The van der Waals surface area contributed by atoms with E-state index in [1.165, 1.54) is 6.07 Å². The quantitative estimate of drug-likeness (QED) is 0.748. The molecule has 0 unspecified atom stereocenters. The van der Waals surface area contributed by atoms with Gasteiger partial charge in [-0.1, -0.05) is 0 Å². The second-order valence-corrected chi connectivity index (χ2v) is 5.00. The predicted octanol–water partition coefficient (Wildman–Crippen LogP) is 4.23. The molecular weight excluding hydrogens is 273 g/mol. The zero-order valence-electron chi connectivity index (χ0n) is 9.66. The summed E-state index contributed by atoms with van der Waals surface area (Å²) >= 11 is 1.58. The first kappa shape index (κ1) is 12.2. The van der Waals surface area contributed by atoms with Crippen LogP contribution in [-0.4, -0.2) is 9.97 Å². The maximum absolute atomic E-state index is 12.6. The van der Waals surface area contributed by atoms with Gasteiger partial charge >= 0.3 is 6.18 Å². The fraction of sp³-hybridized carbons (Fsp3) is 0.154. The van der Waals surface area contributed by atoms with E-state index in [0.29, 0.717) is 23.3 Å². The topological polar surface area (TPSA) is 28.7 Å². The summed E-state index contributed by atoms with van der Waals surface area (Å²) < 4.78 is 37.8. The number of nitrogens with one attached hydrogen (secondary N) is 1. The van der Waals surface area contributed by atoms with Gasteiger partial charge in [0.05, 0.1) is 16.6 Å². The molecule has 0 bridgehead atoms. The molecule has 2 nitrogen and oxygen atoms in total. The summed E-state index contributed by atoms with van der Waals surface area (Å²) in [6.45, 7) is 0. The Morgan fingerprint density at radius 1 is 1.21 bits per heavy atom. The van der Waals surface area contributed by atoms with Crippen LogP contribution in [0, 0.1) is 0 Å². The third kappa shape index (κ3) is 2.49. The normalized spacial score (nSPS) is 12.2. The maximum Gasteiger partial charge on any atom is 0.416 e. The average molecular weight is 282 g/mol. The number of fused-ring (bicyclic) bond motifs is 1. The highest BCUT2D eigenvalue weighted by atomic mass is 32.1. The van der Waals surface area contributed by atoms with Gasteiger partial charge in [0.2, 0.25) is 0 Å². The van der Waals surface area contributed by atoms with Crippen molar-refractivity contribution in [1.82, 2.24) is 9.97 Å². The predicted molar refractivity (Wildman–Crippen MR) is 68.2 cm³/mol. The highest BCUT2D eigenvalue weighted by Crippen LogP contribution is 2.31. The molecule has 0 atom stereocenters. The number of H-pyrrole nitrogens is 1. The summed E-state index contributed by atoms with van der Waals surface area (Å²) in [6, 6.07) is 5.52. The Kier molecular flexibility index (Phi) is 2.82. The van der Waals surface area contributed by atoms with Crippen molar-refractivity contribution in [2.75, 3.05) is 0 Å². The van der Waals surface area contributed by atoms with E-state index in [4.69, 9.17) is 0 Å². The minimum Gasteiger partial charge on any atom is -0.342 e. The van der Waals surface area contributed by atoms with Crippen molar-refractivity contribution in [1.29, 1.82) is 0 Å². The fourth-order valence-electron chi connectivity index (χ4n) is 1.91. The van der Waals surface area contributed by atoms with Crippen LogP contribution < -0.4 is 0 Å². The second-order valence-electron chi connectivity index (χ2n) is 4.22. The van der Waals surface area contributed by atoms with Crippen LogP contribution in [0.25, 0.3) is 11.0 Å². The van der Waals surface area contributed by atoms with Gasteiger partial charge in [0.15, 0.2) is 0 Å². The van der Waals surface area contributed by atoms with E-state index in [-0.39, 0.29) is 0 Å². The van der Waals surface area contributed by atoms with E-state index in [0.717, 1.165) is 17.7 Å². The van der Waals surface area contributed by atoms with E-state index in [9.17, 15) is 13.2 Å². The lowest BCUT2D eigenvalue weighted by Gasteiger charge is -2.05. The maximum atomic E-state index is 12.6. The summed E-state index contributed by atoms with van der Waals surface area (Å²) in [5.74, 6) is 0.674. The Balaban J connectivity index is 1.97. The van der Waals surface area contributed by atoms with Crippen LogP contribution in [0.4, 0.5) is 13.2 Å². The van der Waals surface area contributed by atoms with Crippen LogP contribution in [0.5, 0.6) is 0 Å². The van der Waals surface area contributed by atoms with Gasteiger partial charge in [-0.15, -0.1) is 0 Å². The van der Waals surface area contributed by atoms with Gasteiger partial charge in [-0.2, -0.15) is 24.5 Å². The Morgan fingerprint density at radius 3 is 2.74 bits per heavy atom. The first-order valence-corrected chi connectivity index (χ1v) is 6.53. The fourth-order valence-corrected chi connectivity index (χ4v) is 2.58. The lowest BCUT2D eigenvalue weighted by Crippen LogP contribution is -2.04. The third-order valence-electron chi connectivity index (χ3n) is 2.81. The molecule has 0 saturated carbocycles. The molecule has 0 amide bonds. The number of imidazole rings is 1. The van der Waals surface area contributed by atoms with Crippen molar-refractivity contribution in [2.24, 2.45) is 0 Å². The van der Waals surface area contributed by atoms with Gasteiger partial charge in [-0.3, -0.25) is 0 Å². The summed E-state index contributed by atoms with van der Waals surface area (Å²) in [4.78, 5) is 7.23. The van der Waals surface area contributed by atoms with E-state index in [2.05, 4.69) is 9.97 Å². The molecule has 19 heavy (non-hydrogen) atoms. The summed E-state index contributed by atoms with van der Waals surface area (Å²) in [7, 11) is 0. The van der Waals surface area contributed by atoms with Gasteiger partial charge < -0.3 is 4.98 Å². The standard InChI is InChI=1S/C13H9F3N2S/c14-13(15,16)9-1-2-10-11(6-9)18-12(17-10)5-8-3-4-19-7-8/h1-4,6-7H,5H2,(H,17,18). The van der Waals surface area contributed by atoms with E-state index in [1.54, 1.807) is 11.3 Å². The number of nitrogens with zero attached hydrogens (tertiary/aromatic N) is 1. The van der Waals surface area contributed by atoms with E-state index >= 15 is 0 Å². The Morgan fingerprint density at radius 2 is 2.05 bits per heavy atom. The number of alkyl halides is 3. The molecule has 98 valence electrons. The van der Waals surface area contributed by atoms with Crippen LogP contribution in [0.3, 0.4) is 0 Å². The summed E-state index contributed by atoms with van der Waals surface area (Å²) in [5.41, 5.74) is 1.41. The Labute approximate surface area is 110 Å². The molecule has 3 aromatic rings. The van der Waals surface area contributed by atoms with Crippen molar-refractivity contribution in [3.8, 4) is 0 Å². The van der Waals surface area contributed by atoms with Crippen molar-refractivity contribution in [3.63, 3.8) is 0 Å². The number of aromatic nitrogens is 2. The van der Waals surface area contributed by atoms with Gasteiger partial charge in [0.1, 0.15) is 5.82 Å². The number of halogens is 3. The Hall–Kier alpha value is -1.82. The van der Waals surface area contributed by atoms with Crippen LogP contribution in [0.2, 0.25) is 0 Å². The lowest BCUT2D eigenvalue weighted by atomic mass is 10.2. The zero-order chi connectivity index (χ0) is 13.5. The SMILES string of the molecule is FC(F)(F)c1ccc2nc(Cc3ccsc3)[nH]c2c1. The number of benzene rings is 1. The van der Waals surface area contributed by atoms with Gasteiger partial charge in [-0.05, 0) is 40.6 Å². The first-order valence-electron chi connectivity index (χ1n) is 5.59. The highest BCUT2D eigenvalue weighted by Gasteiger charge is 2.30. The Bertz CT molecular complexity index is 698. The smallest absolute Gasteiger partial charge is 0.342 e. The molecule has 2 aromatic heterocycles. The molecule has 0 spiro atoms. The molecule has 0 aliphatic heterocycles. The van der Waals surface area contributed by atoms with Crippen molar-refractivity contribution >= 4 is 22.4 Å². The molecule has 0 radical (unpaired) electrons. The molecule has 0 fully saturated rings. The van der Waals surface area contributed by atoms with Crippen LogP contribution in [0.1, 0.15) is 17.0 Å². The van der Waals surface area contributed by atoms with Crippen molar-refractivity contribution < 1.29 is 13.2 Å². The molecular formula is C13H9F3N2S. The molecule has 3 rings (SSSR count). The minimum atomic E-state index is -4.33. The number of hydrogen-bond donors (Lipinski definition) is 1. The minimum absolute atomic E-state index is 0.417. The lowest BCUT2D eigenvalue weighted by molar-refractivity contribution is -0.137. The molecule has 1 aromatic carbocycles. The monoisotopic (exact) mass is 282 g/mol. The molecule has 1 N–H and O–H groups in total. The second kappa shape index (κ2) is 4.38. The number of hydrogen-bond acceptors (Lipinski definition) is 2. The first-order chi connectivity index (χ1) is 9.02. The van der Waals surface area contributed by atoms with Crippen LogP contribution >= 0.6 is 11.3 Å². The third-order valence-corrected chi connectivity index (χ3v) is 3.54. The van der Waals surface area contributed by atoms with Gasteiger partial charge in [0, 0.05) is 6.42 Å². The van der Waals surface area contributed by atoms with E-state index in [1.807, 2.05) is 16.8 Å². The van der Waals surface area contributed by atoms with E-state index < -0.39 is 11.7 Å². The average Bonchev–Trinajstić information content (AvgIpc) is 2.95.